The van der Waals surface area contributed by atoms with Crippen LogP contribution in [-0.2, 0) is 11.3 Å². The average Bonchev–Trinajstić information content (AvgIpc) is 2.54. The van der Waals surface area contributed by atoms with Crippen LogP contribution < -0.4 is 9.47 Å². The zero-order chi connectivity index (χ0) is 16.8. The summed E-state index contributed by atoms with van der Waals surface area (Å²) in [6.07, 6.45) is 0. The second kappa shape index (κ2) is 8.14. The van der Waals surface area contributed by atoms with E-state index in [0.717, 1.165) is 0 Å². The van der Waals surface area contributed by atoms with Crippen LogP contribution in [0.4, 0.5) is 4.39 Å². The Morgan fingerprint density at radius 3 is 2.65 bits per heavy atom. The molecule has 0 heterocycles. The van der Waals surface area contributed by atoms with Gasteiger partial charge in [0.25, 0.3) is 0 Å². The Kier molecular flexibility index (Phi) is 6.20. The summed E-state index contributed by atoms with van der Waals surface area (Å²) in [6.45, 7) is 2.10. The fraction of sp³-hybridized carbons (Fsp3) is 0.235. The Morgan fingerprint density at radius 1 is 1.26 bits per heavy atom. The van der Waals surface area contributed by atoms with Crippen molar-refractivity contribution in [3.63, 3.8) is 0 Å². The number of ether oxygens (including phenoxy) is 3. The summed E-state index contributed by atoms with van der Waals surface area (Å²) < 4.78 is 30.3. The maximum absolute atomic E-state index is 13.7. The maximum atomic E-state index is 13.7. The number of carbonyl (C=O) groups is 1. The largest absolute Gasteiger partial charge is 0.493 e. The molecule has 2 rings (SSSR count). The summed E-state index contributed by atoms with van der Waals surface area (Å²) in [5.41, 5.74) is 0.825. The number of carbonyl (C=O) groups excluding carboxylic acids is 1. The topological polar surface area (TPSA) is 44.8 Å². The average molecular weight is 430 g/mol. The van der Waals surface area contributed by atoms with E-state index in [0.29, 0.717) is 32.8 Å². The van der Waals surface area contributed by atoms with Gasteiger partial charge in [0.1, 0.15) is 12.4 Å². The van der Waals surface area contributed by atoms with E-state index in [9.17, 15) is 9.18 Å². The molecule has 0 radical (unpaired) electrons. The smallest absolute Gasteiger partial charge is 0.338 e. The van der Waals surface area contributed by atoms with Crippen LogP contribution in [0.2, 0.25) is 0 Å². The minimum atomic E-state index is -0.427. The third kappa shape index (κ3) is 4.34. The van der Waals surface area contributed by atoms with Crippen molar-refractivity contribution in [1.82, 2.24) is 0 Å². The molecule has 0 saturated heterocycles. The highest BCUT2D eigenvalue weighted by Crippen LogP contribution is 2.34. The number of hydrogen-bond donors (Lipinski definition) is 0. The molecule has 0 unspecified atom stereocenters. The van der Waals surface area contributed by atoms with Crippen LogP contribution in [0.5, 0.6) is 11.5 Å². The Hall–Kier alpha value is -1.83. The van der Waals surface area contributed by atoms with Crippen LogP contribution in [0.3, 0.4) is 0 Å². The molecule has 0 bridgehead atoms. The van der Waals surface area contributed by atoms with Gasteiger partial charge in [-0.15, -0.1) is 0 Å². The Morgan fingerprint density at radius 2 is 2.00 bits per heavy atom. The lowest BCUT2D eigenvalue weighted by Gasteiger charge is -2.14. The zero-order valence-corrected chi connectivity index (χ0v) is 14.9. The molecule has 122 valence electrons. The standard InChI is InChI=1S/C17H16FIO4/c1-3-22-17(20)12-8-14(19)16(15(9-12)21-2)23-10-11-6-4-5-7-13(11)18/h4-9H,3,10H2,1-2H3. The van der Waals surface area contributed by atoms with E-state index in [1.54, 1.807) is 37.3 Å². The molecule has 0 saturated carbocycles. The third-order valence-corrected chi connectivity index (χ3v) is 3.87. The first-order valence-corrected chi connectivity index (χ1v) is 8.05. The summed E-state index contributed by atoms with van der Waals surface area (Å²) in [5.74, 6) is 0.106. The molecule has 23 heavy (non-hydrogen) atoms. The first-order chi connectivity index (χ1) is 11.1. The number of methoxy groups -OCH3 is 1. The molecule has 4 nitrogen and oxygen atoms in total. The molecule has 0 aliphatic carbocycles. The number of rotatable bonds is 6. The van der Waals surface area contributed by atoms with Gasteiger partial charge in [-0.2, -0.15) is 0 Å². The number of hydrogen-bond acceptors (Lipinski definition) is 4. The summed E-state index contributed by atoms with van der Waals surface area (Å²) in [6, 6.07) is 9.60. The Bertz CT molecular complexity index is 703. The van der Waals surface area contributed by atoms with Gasteiger partial charge >= 0.3 is 5.97 Å². The summed E-state index contributed by atoms with van der Waals surface area (Å²) in [4.78, 5) is 11.8. The van der Waals surface area contributed by atoms with Crippen LogP contribution in [0, 0.1) is 9.39 Å². The van der Waals surface area contributed by atoms with Crippen LogP contribution in [0.25, 0.3) is 0 Å². The molecule has 2 aromatic carbocycles. The van der Waals surface area contributed by atoms with Crippen LogP contribution in [0.15, 0.2) is 36.4 Å². The molecular formula is C17H16FIO4. The first-order valence-electron chi connectivity index (χ1n) is 6.97. The van der Waals surface area contributed by atoms with Gasteiger partial charge in [0, 0.05) is 5.56 Å². The molecule has 0 fully saturated rings. The molecule has 0 aromatic heterocycles. The number of halogens is 2. The predicted molar refractivity (Wildman–Crippen MR) is 92.4 cm³/mol. The lowest BCUT2D eigenvalue weighted by molar-refractivity contribution is 0.0525. The van der Waals surface area contributed by atoms with Crippen LogP contribution >= 0.6 is 22.6 Å². The lowest BCUT2D eigenvalue weighted by atomic mass is 10.2. The van der Waals surface area contributed by atoms with Crippen molar-refractivity contribution in [2.75, 3.05) is 13.7 Å². The van der Waals surface area contributed by atoms with E-state index in [4.69, 9.17) is 14.2 Å². The van der Waals surface area contributed by atoms with Crippen LogP contribution in [-0.4, -0.2) is 19.7 Å². The zero-order valence-electron chi connectivity index (χ0n) is 12.8. The van der Waals surface area contributed by atoms with Gasteiger partial charge in [0.05, 0.1) is 22.9 Å². The van der Waals surface area contributed by atoms with Gasteiger partial charge in [-0.1, -0.05) is 18.2 Å². The maximum Gasteiger partial charge on any atom is 0.338 e. The van der Waals surface area contributed by atoms with Crippen molar-refractivity contribution in [3.8, 4) is 11.5 Å². The highest BCUT2D eigenvalue weighted by atomic mass is 127. The molecule has 0 N–H and O–H groups in total. The predicted octanol–water partition coefficient (Wildman–Crippen LogP) is 4.19. The molecule has 2 aromatic rings. The fourth-order valence-corrected chi connectivity index (χ4v) is 2.71. The highest BCUT2D eigenvalue weighted by molar-refractivity contribution is 14.1. The number of esters is 1. The highest BCUT2D eigenvalue weighted by Gasteiger charge is 2.16. The van der Waals surface area contributed by atoms with Crippen LogP contribution in [0.1, 0.15) is 22.8 Å². The molecule has 0 amide bonds. The quantitative estimate of drug-likeness (QED) is 0.509. The van der Waals surface area contributed by atoms with Gasteiger partial charge in [0.2, 0.25) is 0 Å². The minimum Gasteiger partial charge on any atom is -0.493 e. The van der Waals surface area contributed by atoms with Crippen molar-refractivity contribution < 1.29 is 23.4 Å². The van der Waals surface area contributed by atoms with Gasteiger partial charge < -0.3 is 14.2 Å². The van der Waals surface area contributed by atoms with E-state index in [-0.39, 0.29) is 12.4 Å². The second-order valence-electron chi connectivity index (χ2n) is 4.59. The number of benzene rings is 2. The molecule has 0 atom stereocenters. The van der Waals surface area contributed by atoms with E-state index < -0.39 is 5.97 Å². The third-order valence-electron chi connectivity index (χ3n) is 3.07. The fourth-order valence-electron chi connectivity index (χ4n) is 1.96. The van der Waals surface area contributed by atoms with Gasteiger partial charge in [-0.3, -0.25) is 0 Å². The Balaban J connectivity index is 2.25. The monoisotopic (exact) mass is 430 g/mol. The second-order valence-corrected chi connectivity index (χ2v) is 5.75. The van der Waals surface area contributed by atoms with E-state index >= 15 is 0 Å². The first kappa shape index (κ1) is 17.5. The molecule has 0 aliphatic heterocycles. The van der Waals surface area contributed by atoms with Crippen molar-refractivity contribution in [1.29, 1.82) is 0 Å². The molecule has 6 heteroatoms. The lowest BCUT2D eigenvalue weighted by Crippen LogP contribution is -2.07. The van der Waals surface area contributed by atoms with Gasteiger partial charge in [-0.05, 0) is 47.7 Å². The van der Waals surface area contributed by atoms with Crippen molar-refractivity contribution >= 4 is 28.6 Å². The summed E-state index contributed by atoms with van der Waals surface area (Å²) in [7, 11) is 1.48. The van der Waals surface area contributed by atoms with Crippen molar-refractivity contribution in [2.24, 2.45) is 0 Å². The Labute approximate surface area is 147 Å². The van der Waals surface area contributed by atoms with Crippen molar-refractivity contribution in [2.45, 2.75) is 13.5 Å². The van der Waals surface area contributed by atoms with Crippen molar-refractivity contribution in [3.05, 3.63) is 56.9 Å². The van der Waals surface area contributed by atoms with Gasteiger partial charge in [0.15, 0.2) is 11.5 Å². The van der Waals surface area contributed by atoms with Gasteiger partial charge in [-0.25, -0.2) is 9.18 Å². The SMILES string of the molecule is CCOC(=O)c1cc(I)c(OCc2ccccc2F)c(OC)c1. The molecular weight excluding hydrogens is 414 g/mol. The van der Waals surface area contributed by atoms with E-state index in [1.807, 2.05) is 22.6 Å². The minimum absolute atomic E-state index is 0.0673. The molecule has 0 aliphatic rings. The molecule has 0 spiro atoms. The summed E-state index contributed by atoms with van der Waals surface area (Å²) >= 11 is 2.04. The van der Waals surface area contributed by atoms with E-state index in [1.165, 1.54) is 13.2 Å². The normalized spacial score (nSPS) is 10.3. The van der Waals surface area contributed by atoms with E-state index in [2.05, 4.69) is 0 Å². The summed E-state index contributed by atoms with van der Waals surface area (Å²) in [5, 5.41) is 0.